The number of nitrogens with zero attached hydrogens (tertiary/aromatic N) is 2. The number of carbonyl (C=O) groups is 2. The monoisotopic (exact) mass is 311 g/mol. The number of amides is 2. The molecule has 0 aliphatic carbocycles. The first kappa shape index (κ1) is 13.2. The predicted molar refractivity (Wildman–Crippen MR) is 83.3 cm³/mol. The van der Waals surface area contributed by atoms with E-state index >= 15 is 0 Å². The summed E-state index contributed by atoms with van der Waals surface area (Å²) in [6, 6.07) is 13.1. The first-order chi connectivity index (χ1) is 10.7. The number of thiophene rings is 1. The normalized spacial score (nSPS) is 23.5. The maximum absolute atomic E-state index is 12.1. The zero-order valence-corrected chi connectivity index (χ0v) is 12.4. The summed E-state index contributed by atoms with van der Waals surface area (Å²) in [4.78, 5) is 25.2. The van der Waals surface area contributed by atoms with Crippen LogP contribution in [0.5, 0.6) is 0 Å². The van der Waals surface area contributed by atoms with Gasteiger partial charge in [-0.2, -0.15) is 5.10 Å². The zero-order valence-electron chi connectivity index (χ0n) is 11.6. The molecule has 1 fully saturated rings. The summed E-state index contributed by atoms with van der Waals surface area (Å²) < 4.78 is 0. The van der Waals surface area contributed by atoms with Gasteiger partial charge >= 0.3 is 0 Å². The molecule has 6 heteroatoms. The maximum Gasteiger partial charge on any atom is 0.252 e. The molecule has 2 aliphatic rings. The van der Waals surface area contributed by atoms with Crippen molar-refractivity contribution in [2.75, 3.05) is 0 Å². The Morgan fingerprint density at radius 2 is 1.91 bits per heavy atom. The maximum atomic E-state index is 12.1. The molecule has 4 rings (SSSR count). The van der Waals surface area contributed by atoms with Crippen molar-refractivity contribution in [1.29, 1.82) is 0 Å². The molecule has 2 amide bonds. The minimum Gasteiger partial charge on any atom is -0.294 e. The molecule has 2 atom stereocenters. The first-order valence-electron chi connectivity index (χ1n) is 7.02. The lowest BCUT2D eigenvalue weighted by molar-refractivity contribution is -0.126. The molecule has 0 unspecified atom stereocenters. The number of hydrogen-bond acceptors (Lipinski definition) is 5. The molecule has 2 aromatic rings. The smallest absolute Gasteiger partial charge is 0.252 e. The Balaban J connectivity index is 1.71. The molecule has 1 N–H and O–H groups in total. The van der Waals surface area contributed by atoms with Crippen molar-refractivity contribution < 1.29 is 9.59 Å². The van der Waals surface area contributed by atoms with Crippen LogP contribution in [0.2, 0.25) is 0 Å². The molecule has 0 bridgehead atoms. The summed E-state index contributed by atoms with van der Waals surface area (Å²) in [6.07, 6.45) is 0. The van der Waals surface area contributed by atoms with Crippen LogP contribution < -0.4 is 5.32 Å². The lowest BCUT2D eigenvalue weighted by atomic mass is 9.97. The van der Waals surface area contributed by atoms with E-state index in [0.717, 1.165) is 10.4 Å². The summed E-state index contributed by atoms with van der Waals surface area (Å²) in [7, 11) is 0. The minimum absolute atomic E-state index is 0.252. The Labute approximate surface area is 131 Å². The molecule has 1 aromatic carbocycles. The van der Waals surface area contributed by atoms with E-state index in [-0.39, 0.29) is 11.8 Å². The highest BCUT2D eigenvalue weighted by Gasteiger charge is 2.52. The van der Waals surface area contributed by atoms with Crippen LogP contribution in [0.25, 0.3) is 0 Å². The van der Waals surface area contributed by atoms with Crippen molar-refractivity contribution >= 4 is 28.9 Å². The van der Waals surface area contributed by atoms with E-state index < -0.39 is 12.0 Å². The molecular formula is C16H13N3O2S. The van der Waals surface area contributed by atoms with Crippen LogP contribution in [-0.4, -0.2) is 28.6 Å². The molecule has 0 spiro atoms. The van der Waals surface area contributed by atoms with Crippen LogP contribution in [0.15, 0.2) is 52.9 Å². The van der Waals surface area contributed by atoms with E-state index in [1.54, 1.807) is 5.01 Å². The lowest BCUT2D eigenvalue weighted by Crippen LogP contribution is -2.37. The minimum atomic E-state index is -0.537. The van der Waals surface area contributed by atoms with Crippen LogP contribution in [0.4, 0.5) is 0 Å². The topological polar surface area (TPSA) is 61.8 Å². The van der Waals surface area contributed by atoms with Gasteiger partial charge in [0.1, 0.15) is 12.0 Å². The third kappa shape index (κ3) is 2.03. The number of fused-ring (bicyclic) bond motifs is 1. The van der Waals surface area contributed by atoms with Gasteiger partial charge in [0, 0.05) is 0 Å². The van der Waals surface area contributed by atoms with Crippen LogP contribution >= 0.6 is 11.3 Å². The largest absolute Gasteiger partial charge is 0.294 e. The van der Waals surface area contributed by atoms with E-state index in [0.29, 0.717) is 12.3 Å². The fourth-order valence-corrected chi connectivity index (χ4v) is 3.69. The molecule has 5 nitrogen and oxygen atoms in total. The highest BCUT2D eigenvalue weighted by atomic mass is 32.1. The van der Waals surface area contributed by atoms with E-state index in [9.17, 15) is 9.59 Å². The molecule has 22 heavy (non-hydrogen) atoms. The van der Waals surface area contributed by atoms with E-state index in [4.69, 9.17) is 0 Å². The Morgan fingerprint density at radius 3 is 2.64 bits per heavy atom. The molecule has 110 valence electrons. The summed E-state index contributed by atoms with van der Waals surface area (Å²) in [6.45, 7) is 0.511. The third-order valence-electron chi connectivity index (χ3n) is 3.93. The van der Waals surface area contributed by atoms with Gasteiger partial charge in [0.2, 0.25) is 5.91 Å². The molecule has 2 aliphatic heterocycles. The van der Waals surface area contributed by atoms with Gasteiger partial charge in [-0.3, -0.25) is 19.9 Å². The molecule has 0 saturated carbocycles. The average Bonchev–Trinajstić information content (AvgIpc) is 3.20. The number of benzene rings is 1. The van der Waals surface area contributed by atoms with Crippen molar-refractivity contribution in [3.05, 3.63) is 58.3 Å². The highest BCUT2D eigenvalue weighted by Crippen LogP contribution is 2.32. The van der Waals surface area contributed by atoms with Crippen LogP contribution in [0, 0.1) is 5.92 Å². The van der Waals surface area contributed by atoms with Crippen molar-refractivity contribution in [1.82, 2.24) is 10.3 Å². The van der Waals surface area contributed by atoms with Crippen molar-refractivity contribution in [2.45, 2.75) is 12.6 Å². The van der Waals surface area contributed by atoms with Gasteiger partial charge in [0.05, 0.1) is 17.1 Å². The second-order valence-corrected chi connectivity index (χ2v) is 6.27. The predicted octanol–water partition coefficient (Wildman–Crippen LogP) is 1.61. The lowest BCUT2D eigenvalue weighted by Gasteiger charge is -2.20. The van der Waals surface area contributed by atoms with Crippen LogP contribution in [0.1, 0.15) is 10.4 Å². The number of hydrazone groups is 1. The molecular weight excluding hydrogens is 298 g/mol. The zero-order chi connectivity index (χ0) is 15.1. The van der Waals surface area contributed by atoms with E-state index in [2.05, 4.69) is 10.4 Å². The average molecular weight is 311 g/mol. The number of carbonyl (C=O) groups excluding carboxylic acids is 2. The highest BCUT2D eigenvalue weighted by molar-refractivity contribution is 7.12. The number of rotatable bonds is 3. The third-order valence-corrected chi connectivity index (χ3v) is 4.82. The van der Waals surface area contributed by atoms with Gasteiger partial charge < -0.3 is 0 Å². The number of imide groups is 1. The Hall–Kier alpha value is -2.47. The molecule has 3 heterocycles. The van der Waals surface area contributed by atoms with E-state index in [1.807, 2.05) is 47.8 Å². The summed E-state index contributed by atoms with van der Waals surface area (Å²) in [5.41, 5.74) is 1.75. The van der Waals surface area contributed by atoms with Crippen molar-refractivity contribution in [3.63, 3.8) is 0 Å². The standard InChI is InChI=1S/C16H13N3O2S/c20-15-12-13(11-7-4-8-22-11)18-19(14(12)16(21)17-15)9-10-5-2-1-3-6-10/h1-8,12,14H,9H2,(H,17,20,21)/t12-,14+/m0/s1. The SMILES string of the molecule is O=C1NC(=O)[C@H]2[C@@H]1C(c1cccs1)=NN2Cc1ccccc1. The van der Waals surface area contributed by atoms with Gasteiger partial charge in [-0.25, -0.2) is 0 Å². The molecule has 1 aromatic heterocycles. The van der Waals surface area contributed by atoms with Crippen molar-refractivity contribution in [3.8, 4) is 0 Å². The summed E-state index contributed by atoms with van der Waals surface area (Å²) in [5, 5.41) is 10.7. The van der Waals surface area contributed by atoms with Crippen LogP contribution in [0.3, 0.4) is 0 Å². The van der Waals surface area contributed by atoms with Gasteiger partial charge in [0.25, 0.3) is 5.91 Å². The second kappa shape index (κ2) is 5.06. The number of nitrogens with one attached hydrogen (secondary N) is 1. The van der Waals surface area contributed by atoms with Gasteiger partial charge in [-0.15, -0.1) is 11.3 Å². The summed E-state index contributed by atoms with van der Waals surface area (Å²) in [5.74, 6) is -1.02. The Kier molecular flexibility index (Phi) is 3.04. The molecule has 1 saturated heterocycles. The van der Waals surface area contributed by atoms with Gasteiger partial charge in [-0.1, -0.05) is 36.4 Å². The number of hydrogen-bond donors (Lipinski definition) is 1. The van der Waals surface area contributed by atoms with Crippen molar-refractivity contribution in [2.24, 2.45) is 11.0 Å². The quantitative estimate of drug-likeness (QED) is 0.876. The van der Waals surface area contributed by atoms with Gasteiger partial charge in [0.15, 0.2) is 0 Å². The molecule has 0 radical (unpaired) electrons. The Morgan fingerprint density at radius 1 is 1.09 bits per heavy atom. The van der Waals surface area contributed by atoms with Crippen LogP contribution in [-0.2, 0) is 16.1 Å². The fourth-order valence-electron chi connectivity index (χ4n) is 2.94. The van der Waals surface area contributed by atoms with E-state index in [1.165, 1.54) is 11.3 Å². The Bertz CT molecular complexity index is 755. The van der Waals surface area contributed by atoms with Gasteiger partial charge in [-0.05, 0) is 17.0 Å². The fraction of sp³-hybridized carbons (Fsp3) is 0.188. The summed E-state index contributed by atoms with van der Waals surface area (Å²) >= 11 is 1.53. The first-order valence-corrected chi connectivity index (χ1v) is 7.89. The second-order valence-electron chi connectivity index (χ2n) is 5.32.